The number of allylic oxidation sites excluding steroid dienone is 1. The molecule has 3 nitrogen and oxygen atoms in total. The van der Waals surface area contributed by atoms with Crippen LogP contribution in [0.3, 0.4) is 0 Å². The van der Waals surface area contributed by atoms with Gasteiger partial charge in [0, 0.05) is 19.2 Å². The molecule has 1 saturated heterocycles. The summed E-state index contributed by atoms with van der Waals surface area (Å²) in [7, 11) is 1.89. The van der Waals surface area contributed by atoms with E-state index in [1.165, 1.54) is 18.2 Å². The predicted molar refractivity (Wildman–Crippen MR) is 83.7 cm³/mol. The number of amides is 1. The molecule has 0 bridgehead atoms. The van der Waals surface area contributed by atoms with E-state index in [4.69, 9.17) is 0 Å². The van der Waals surface area contributed by atoms with Crippen molar-refractivity contribution in [3.63, 3.8) is 0 Å². The highest BCUT2D eigenvalue weighted by molar-refractivity contribution is 5.95. The Bertz CT molecular complexity index is 578. The number of halogens is 3. The van der Waals surface area contributed by atoms with Gasteiger partial charge < -0.3 is 10.2 Å². The van der Waals surface area contributed by atoms with Gasteiger partial charge in [-0.05, 0) is 56.1 Å². The van der Waals surface area contributed by atoms with Crippen LogP contribution in [0.4, 0.5) is 13.2 Å². The fraction of sp³-hybridized carbons (Fsp3) is 0.471. The van der Waals surface area contributed by atoms with Crippen molar-refractivity contribution >= 4 is 11.5 Å². The fourth-order valence-corrected chi connectivity index (χ4v) is 2.77. The molecule has 6 heteroatoms. The predicted octanol–water partition coefficient (Wildman–Crippen LogP) is 3.18. The Hall–Kier alpha value is -1.82. The van der Waals surface area contributed by atoms with Gasteiger partial charge >= 0.3 is 6.18 Å². The highest BCUT2D eigenvalue weighted by Crippen LogP contribution is 2.30. The second-order valence-corrected chi connectivity index (χ2v) is 5.90. The van der Waals surface area contributed by atoms with Crippen molar-refractivity contribution in [2.75, 3.05) is 26.7 Å². The molecule has 0 radical (unpaired) electrons. The first-order valence-electron chi connectivity index (χ1n) is 7.60. The van der Waals surface area contributed by atoms with Gasteiger partial charge in [0.05, 0.1) is 5.56 Å². The average molecular weight is 326 g/mol. The first-order valence-corrected chi connectivity index (χ1v) is 7.60. The summed E-state index contributed by atoms with van der Waals surface area (Å²) < 4.78 is 37.7. The lowest BCUT2D eigenvalue weighted by atomic mass is 10.0. The molecular formula is C17H21F3N2O. The van der Waals surface area contributed by atoms with Crippen molar-refractivity contribution in [2.24, 2.45) is 5.92 Å². The van der Waals surface area contributed by atoms with Crippen LogP contribution in [0.5, 0.6) is 0 Å². The first kappa shape index (κ1) is 17.5. The molecule has 2 rings (SSSR count). The van der Waals surface area contributed by atoms with Gasteiger partial charge in [-0.2, -0.15) is 13.2 Å². The molecule has 0 spiro atoms. The molecule has 1 heterocycles. The largest absolute Gasteiger partial charge is 0.416 e. The highest BCUT2D eigenvalue weighted by Gasteiger charge is 2.30. The lowest BCUT2D eigenvalue weighted by molar-refractivity contribution is -0.137. The molecule has 1 N–H and O–H groups in total. The summed E-state index contributed by atoms with van der Waals surface area (Å²) in [4.78, 5) is 14.0. The van der Waals surface area contributed by atoms with Gasteiger partial charge in [-0.3, -0.25) is 4.79 Å². The summed E-state index contributed by atoms with van der Waals surface area (Å²) in [5.41, 5.74) is 0.605. The van der Waals surface area contributed by atoms with E-state index in [-0.39, 0.29) is 5.91 Å². The van der Waals surface area contributed by atoms with E-state index >= 15 is 0 Å². The van der Waals surface area contributed by atoms with E-state index in [1.807, 2.05) is 7.05 Å². The number of nitrogens with zero attached hydrogens (tertiary/aromatic N) is 1. The lowest BCUT2D eigenvalue weighted by Crippen LogP contribution is -2.29. The van der Waals surface area contributed by atoms with E-state index in [9.17, 15) is 18.0 Å². The van der Waals surface area contributed by atoms with Crippen LogP contribution < -0.4 is 5.32 Å². The summed E-state index contributed by atoms with van der Waals surface area (Å²) in [6.07, 6.45) is -1.87. The van der Waals surface area contributed by atoms with E-state index in [2.05, 4.69) is 5.32 Å². The van der Waals surface area contributed by atoms with Gasteiger partial charge in [0.25, 0.3) is 0 Å². The summed E-state index contributed by atoms with van der Waals surface area (Å²) in [5, 5.41) is 3.11. The van der Waals surface area contributed by atoms with Gasteiger partial charge in [-0.25, -0.2) is 0 Å². The molecule has 0 aliphatic carbocycles. The summed E-state index contributed by atoms with van der Waals surface area (Å²) in [5.74, 6) is 0.379. The molecule has 1 atom stereocenters. The fourth-order valence-electron chi connectivity index (χ4n) is 2.77. The maximum absolute atomic E-state index is 12.6. The van der Waals surface area contributed by atoms with Crippen LogP contribution in [0.2, 0.25) is 0 Å². The molecule has 23 heavy (non-hydrogen) atoms. The Morgan fingerprint density at radius 1 is 1.35 bits per heavy atom. The number of carbonyl (C=O) groups excluding carboxylic acids is 1. The maximum Gasteiger partial charge on any atom is 0.416 e. The van der Waals surface area contributed by atoms with Crippen LogP contribution in [0.1, 0.15) is 24.5 Å². The average Bonchev–Trinajstić information content (AvgIpc) is 2.95. The van der Waals surface area contributed by atoms with Crippen molar-refractivity contribution in [3.8, 4) is 0 Å². The standard InChI is InChI=1S/C17H21F3N2O/c1-12(14-3-5-15(6-4-14)17(18,19)20)9-16(23)22-8-7-13(11-22)10-21-2/h3-6,9,13,21H,7-8,10-11H2,1-2H3/b12-9+. The van der Waals surface area contributed by atoms with E-state index < -0.39 is 11.7 Å². The third kappa shape index (κ3) is 4.58. The quantitative estimate of drug-likeness (QED) is 0.862. The topological polar surface area (TPSA) is 32.3 Å². The van der Waals surface area contributed by atoms with Gasteiger partial charge in [0.15, 0.2) is 0 Å². The van der Waals surface area contributed by atoms with Crippen molar-refractivity contribution in [3.05, 3.63) is 41.5 Å². The van der Waals surface area contributed by atoms with E-state index in [0.717, 1.165) is 38.2 Å². The number of carbonyl (C=O) groups is 1. The summed E-state index contributed by atoms with van der Waals surface area (Å²) >= 11 is 0. The molecule has 1 aliphatic heterocycles. The monoisotopic (exact) mass is 326 g/mol. The van der Waals surface area contributed by atoms with Crippen LogP contribution in [-0.2, 0) is 11.0 Å². The Morgan fingerprint density at radius 2 is 2.00 bits per heavy atom. The Kier molecular flexibility index (Phi) is 5.46. The molecular weight excluding hydrogens is 305 g/mol. The molecule has 1 amide bonds. The van der Waals surface area contributed by atoms with Crippen molar-refractivity contribution in [2.45, 2.75) is 19.5 Å². The Balaban J connectivity index is 2.03. The molecule has 1 aliphatic rings. The number of likely N-dealkylation sites (tertiary alicyclic amines) is 1. The minimum atomic E-state index is -4.34. The third-order valence-electron chi connectivity index (χ3n) is 4.10. The maximum atomic E-state index is 12.6. The van der Waals surface area contributed by atoms with Crippen molar-refractivity contribution in [1.29, 1.82) is 0 Å². The van der Waals surface area contributed by atoms with Crippen molar-refractivity contribution in [1.82, 2.24) is 10.2 Å². The highest BCUT2D eigenvalue weighted by atomic mass is 19.4. The van der Waals surface area contributed by atoms with Crippen LogP contribution in [0, 0.1) is 5.92 Å². The zero-order chi connectivity index (χ0) is 17.0. The van der Waals surface area contributed by atoms with Crippen molar-refractivity contribution < 1.29 is 18.0 Å². The normalized spacial score (nSPS) is 19.3. The van der Waals surface area contributed by atoms with Gasteiger partial charge in [0.1, 0.15) is 0 Å². The number of nitrogens with one attached hydrogen (secondary N) is 1. The van der Waals surface area contributed by atoms with E-state index in [0.29, 0.717) is 17.1 Å². The Labute approximate surface area is 134 Å². The number of hydrogen-bond acceptors (Lipinski definition) is 2. The SMILES string of the molecule is CNCC1CCN(C(=O)/C=C(\C)c2ccc(C(F)(F)F)cc2)C1. The molecule has 1 aromatic rings. The lowest BCUT2D eigenvalue weighted by Gasteiger charge is -2.15. The smallest absolute Gasteiger partial charge is 0.339 e. The Morgan fingerprint density at radius 3 is 2.57 bits per heavy atom. The first-order chi connectivity index (χ1) is 10.8. The van der Waals surface area contributed by atoms with Crippen LogP contribution in [0.25, 0.3) is 5.57 Å². The number of rotatable bonds is 4. The number of alkyl halides is 3. The molecule has 0 saturated carbocycles. The minimum absolute atomic E-state index is 0.0824. The number of benzene rings is 1. The molecule has 1 fully saturated rings. The number of hydrogen-bond donors (Lipinski definition) is 1. The summed E-state index contributed by atoms with van der Waals surface area (Å²) in [6, 6.07) is 4.87. The zero-order valence-corrected chi connectivity index (χ0v) is 13.3. The zero-order valence-electron chi connectivity index (χ0n) is 13.3. The molecule has 0 aromatic heterocycles. The molecule has 1 aromatic carbocycles. The minimum Gasteiger partial charge on any atom is -0.339 e. The molecule has 1 unspecified atom stereocenters. The van der Waals surface area contributed by atoms with Crippen LogP contribution in [0.15, 0.2) is 30.3 Å². The summed E-state index contributed by atoms with van der Waals surface area (Å²) in [6.45, 7) is 4.06. The van der Waals surface area contributed by atoms with Gasteiger partial charge in [-0.1, -0.05) is 12.1 Å². The molecule has 126 valence electrons. The third-order valence-corrected chi connectivity index (χ3v) is 4.10. The van der Waals surface area contributed by atoms with Gasteiger partial charge in [0.2, 0.25) is 5.91 Å². The second-order valence-electron chi connectivity index (χ2n) is 5.90. The van der Waals surface area contributed by atoms with E-state index in [1.54, 1.807) is 11.8 Å². The second kappa shape index (κ2) is 7.17. The van der Waals surface area contributed by atoms with Crippen LogP contribution in [-0.4, -0.2) is 37.5 Å². The van der Waals surface area contributed by atoms with Crippen LogP contribution >= 0.6 is 0 Å². The van der Waals surface area contributed by atoms with Gasteiger partial charge in [-0.15, -0.1) is 0 Å².